The second-order valence-electron chi connectivity index (χ2n) is 8.19. The molecule has 2 fully saturated rings. The molecule has 3 heterocycles. The van der Waals surface area contributed by atoms with E-state index in [-0.39, 0.29) is 17.9 Å². The highest BCUT2D eigenvalue weighted by molar-refractivity contribution is 7.07. The number of benzene rings is 1. The summed E-state index contributed by atoms with van der Waals surface area (Å²) in [6.07, 6.45) is 1.83. The summed E-state index contributed by atoms with van der Waals surface area (Å²) >= 11 is 1.58. The van der Waals surface area contributed by atoms with E-state index in [0.29, 0.717) is 6.54 Å². The summed E-state index contributed by atoms with van der Waals surface area (Å²) in [5, 5.41) is 6.96. The largest absolute Gasteiger partial charge is 0.325 e. The summed E-state index contributed by atoms with van der Waals surface area (Å²) in [5.74, 6) is 0.0892. The second-order valence-corrected chi connectivity index (χ2v) is 8.97. The van der Waals surface area contributed by atoms with Crippen LogP contribution in [0.4, 0.5) is 4.79 Å². The van der Waals surface area contributed by atoms with Crippen molar-refractivity contribution in [1.29, 1.82) is 0 Å². The first-order valence-electron chi connectivity index (χ1n) is 9.89. The van der Waals surface area contributed by atoms with E-state index in [9.17, 15) is 9.59 Å². The van der Waals surface area contributed by atoms with Crippen molar-refractivity contribution >= 4 is 23.3 Å². The quantitative estimate of drug-likeness (QED) is 0.781. The summed E-state index contributed by atoms with van der Waals surface area (Å²) in [6.45, 7) is 7.19. The van der Waals surface area contributed by atoms with Gasteiger partial charge in [0.05, 0.1) is 6.54 Å². The second kappa shape index (κ2) is 7.68. The molecule has 6 heteroatoms. The zero-order valence-electron chi connectivity index (χ0n) is 16.5. The molecule has 28 heavy (non-hydrogen) atoms. The lowest BCUT2D eigenvalue weighted by molar-refractivity contribution is -0.133. The molecule has 2 aliphatic heterocycles. The van der Waals surface area contributed by atoms with Crippen LogP contribution in [0.2, 0.25) is 0 Å². The molecule has 0 radical (unpaired) electrons. The number of amides is 3. The highest BCUT2D eigenvalue weighted by Gasteiger charge is 2.52. The van der Waals surface area contributed by atoms with Gasteiger partial charge in [-0.2, -0.15) is 11.3 Å². The van der Waals surface area contributed by atoms with Crippen molar-refractivity contribution < 1.29 is 9.59 Å². The van der Waals surface area contributed by atoms with Gasteiger partial charge in [-0.05, 0) is 73.6 Å². The van der Waals surface area contributed by atoms with E-state index in [1.807, 2.05) is 23.8 Å². The van der Waals surface area contributed by atoms with Crippen LogP contribution < -0.4 is 5.32 Å². The maximum atomic E-state index is 13.1. The number of carbonyl (C=O) groups excluding carboxylic acids is 2. The Labute approximate surface area is 170 Å². The third kappa shape index (κ3) is 3.71. The number of urea groups is 1. The van der Waals surface area contributed by atoms with Gasteiger partial charge in [0, 0.05) is 6.54 Å². The van der Waals surface area contributed by atoms with Gasteiger partial charge in [0.15, 0.2) is 0 Å². The Morgan fingerprint density at radius 3 is 2.43 bits per heavy atom. The van der Waals surface area contributed by atoms with Crippen LogP contribution >= 0.6 is 11.3 Å². The molecule has 3 amide bonds. The molecule has 148 valence electrons. The van der Waals surface area contributed by atoms with Crippen LogP contribution in [0.1, 0.15) is 36.5 Å². The van der Waals surface area contributed by atoms with E-state index in [4.69, 9.17) is 0 Å². The number of thiophene rings is 1. The Kier molecular flexibility index (Phi) is 5.25. The van der Waals surface area contributed by atoms with E-state index in [1.165, 1.54) is 16.0 Å². The Balaban J connectivity index is 1.37. The molecule has 1 aromatic carbocycles. The van der Waals surface area contributed by atoms with E-state index >= 15 is 0 Å². The molecule has 4 rings (SSSR count). The van der Waals surface area contributed by atoms with Crippen molar-refractivity contribution in [3.05, 3.63) is 57.8 Å². The van der Waals surface area contributed by atoms with Gasteiger partial charge in [0.1, 0.15) is 5.54 Å². The number of nitrogens with one attached hydrogen (secondary N) is 1. The van der Waals surface area contributed by atoms with Gasteiger partial charge in [-0.3, -0.25) is 14.6 Å². The molecule has 0 bridgehead atoms. The Morgan fingerprint density at radius 1 is 1.07 bits per heavy atom. The lowest BCUT2D eigenvalue weighted by Gasteiger charge is -2.39. The minimum Gasteiger partial charge on any atom is -0.323 e. The number of likely N-dealkylation sites (tertiary alicyclic amines) is 1. The van der Waals surface area contributed by atoms with Gasteiger partial charge in [-0.15, -0.1) is 0 Å². The molecular weight excluding hydrogens is 370 g/mol. The van der Waals surface area contributed by atoms with Crippen LogP contribution in [0.3, 0.4) is 0 Å². The van der Waals surface area contributed by atoms with Crippen molar-refractivity contribution in [3.63, 3.8) is 0 Å². The van der Waals surface area contributed by atoms with Crippen molar-refractivity contribution in [2.75, 3.05) is 13.1 Å². The Bertz CT molecular complexity index is 841. The van der Waals surface area contributed by atoms with E-state index in [0.717, 1.165) is 38.0 Å². The molecule has 2 aromatic rings. The number of carbonyl (C=O) groups is 2. The standard InChI is InChI=1S/C22H27N3O2S/c1-16-3-5-17(6-4-16)13-24-10-7-19(8-11-24)22(2)20(26)25(21(27)23-22)14-18-9-12-28-15-18/h3-6,9,12,15,19H,7-8,10-11,13-14H2,1-2H3,(H,23,27)/t22-/m1/s1. The summed E-state index contributed by atoms with van der Waals surface area (Å²) in [7, 11) is 0. The maximum absolute atomic E-state index is 13.1. The lowest BCUT2D eigenvalue weighted by atomic mass is 9.79. The summed E-state index contributed by atoms with van der Waals surface area (Å²) in [6, 6.07) is 10.4. The van der Waals surface area contributed by atoms with Crippen molar-refractivity contribution in [3.8, 4) is 0 Å². The topological polar surface area (TPSA) is 52.7 Å². The monoisotopic (exact) mass is 397 g/mol. The van der Waals surface area contributed by atoms with E-state index < -0.39 is 5.54 Å². The van der Waals surface area contributed by atoms with Gasteiger partial charge < -0.3 is 5.32 Å². The van der Waals surface area contributed by atoms with Crippen molar-refractivity contribution in [1.82, 2.24) is 15.1 Å². The highest BCUT2D eigenvalue weighted by atomic mass is 32.1. The predicted octanol–water partition coefficient (Wildman–Crippen LogP) is 3.78. The average Bonchev–Trinajstić information content (AvgIpc) is 3.27. The van der Waals surface area contributed by atoms with Crippen LogP contribution in [0, 0.1) is 12.8 Å². The first kappa shape index (κ1) is 19.2. The third-order valence-electron chi connectivity index (χ3n) is 6.15. The molecular formula is C22H27N3O2S. The molecule has 1 atom stereocenters. The molecule has 2 saturated heterocycles. The van der Waals surface area contributed by atoms with Crippen molar-refractivity contribution in [2.45, 2.75) is 45.3 Å². The number of rotatable bonds is 5. The minimum absolute atomic E-state index is 0.0827. The van der Waals surface area contributed by atoms with Gasteiger partial charge in [0.25, 0.3) is 5.91 Å². The van der Waals surface area contributed by atoms with Gasteiger partial charge >= 0.3 is 6.03 Å². The zero-order chi connectivity index (χ0) is 19.7. The first-order chi connectivity index (χ1) is 13.5. The number of hydrogen-bond acceptors (Lipinski definition) is 4. The molecule has 1 N–H and O–H groups in total. The van der Waals surface area contributed by atoms with Crippen LogP contribution in [0.25, 0.3) is 0 Å². The fourth-order valence-corrected chi connectivity index (χ4v) is 4.98. The zero-order valence-corrected chi connectivity index (χ0v) is 17.3. The molecule has 5 nitrogen and oxygen atoms in total. The van der Waals surface area contributed by atoms with Crippen molar-refractivity contribution in [2.24, 2.45) is 5.92 Å². The normalized spacial score (nSPS) is 24.0. The number of imide groups is 1. The molecule has 2 aliphatic rings. The number of nitrogens with zero attached hydrogens (tertiary/aromatic N) is 2. The summed E-state index contributed by atoms with van der Waals surface area (Å²) in [5.41, 5.74) is 2.81. The SMILES string of the molecule is Cc1ccc(CN2CCC([C@@]3(C)NC(=O)N(Cc4ccsc4)C3=O)CC2)cc1. The first-order valence-corrected chi connectivity index (χ1v) is 10.8. The highest BCUT2D eigenvalue weighted by Crippen LogP contribution is 2.34. The van der Waals surface area contributed by atoms with Gasteiger partial charge in [-0.1, -0.05) is 29.8 Å². The molecule has 0 spiro atoms. The molecule has 0 unspecified atom stereocenters. The van der Waals surface area contributed by atoms with E-state index in [1.54, 1.807) is 11.3 Å². The minimum atomic E-state index is -0.789. The van der Waals surface area contributed by atoms with Crippen LogP contribution in [0.15, 0.2) is 41.1 Å². The van der Waals surface area contributed by atoms with Gasteiger partial charge in [0.2, 0.25) is 0 Å². The van der Waals surface area contributed by atoms with Crippen LogP contribution in [-0.4, -0.2) is 40.4 Å². The predicted molar refractivity (Wildman–Crippen MR) is 111 cm³/mol. The van der Waals surface area contributed by atoms with Crippen LogP contribution in [0.5, 0.6) is 0 Å². The van der Waals surface area contributed by atoms with Crippen LogP contribution in [-0.2, 0) is 17.9 Å². The lowest BCUT2D eigenvalue weighted by Crippen LogP contribution is -2.53. The van der Waals surface area contributed by atoms with Gasteiger partial charge in [-0.25, -0.2) is 4.79 Å². The average molecular weight is 398 g/mol. The number of hydrogen-bond donors (Lipinski definition) is 1. The molecule has 1 aromatic heterocycles. The fraction of sp³-hybridized carbons (Fsp3) is 0.455. The summed E-state index contributed by atoms with van der Waals surface area (Å²) in [4.78, 5) is 29.4. The third-order valence-corrected chi connectivity index (χ3v) is 6.88. The smallest absolute Gasteiger partial charge is 0.323 e. The fourth-order valence-electron chi connectivity index (χ4n) is 4.32. The van der Waals surface area contributed by atoms with E-state index in [2.05, 4.69) is 41.4 Å². The molecule has 0 aliphatic carbocycles. The Hall–Kier alpha value is -2.18. The Morgan fingerprint density at radius 2 is 1.79 bits per heavy atom. The number of aryl methyl sites for hydroxylation is 1. The number of piperidine rings is 1. The maximum Gasteiger partial charge on any atom is 0.325 e. The molecule has 0 saturated carbocycles. The summed E-state index contributed by atoms with van der Waals surface area (Å²) < 4.78 is 0.